The van der Waals surface area contributed by atoms with Crippen molar-refractivity contribution in [3.63, 3.8) is 0 Å². The molecule has 1 N–H and O–H groups in total. The van der Waals surface area contributed by atoms with Crippen LogP contribution >= 0.6 is 0 Å². The topological polar surface area (TPSA) is 52.6 Å². The molecule has 0 unspecified atom stereocenters. The van der Waals surface area contributed by atoms with Gasteiger partial charge in [-0.2, -0.15) is 0 Å². The number of benzene rings is 1. The fourth-order valence-electron chi connectivity index (χ4n) is 4.67. The lowest BCUT2D eigenvalue weighted by Crippen LogP contribution is -2.47. The molecule has 0 aromatic heterocycles. The molecule has 0 bridgehead atoms. The molecule has 1 saturated heterocycles. The summed E-state index contributed by atoms with van der Waals surface area (Å²) in [6, 6.07) is 9.51. The molecule has 1 aromatic carbocycles. The Labute approximate surface area is 177 Å². The quantitative estimate of drug-likeness (QED) is 0.664. The number of nitrogens with zero attached hydrogens (tertiary/aromatic N) is 2. The molecule has 5 nitrogen and oxygen atoms in total. The molecule has 0 spiro atoms. The molecular formula is C23H39N3O2S. The average molecular weight is 422 g/mol. The van der Waals surface area contributed by atoms with Crippen LogP contribution in [0.3, 0.4) is 0 Å². The van der Waals surface area contributed by atoms with E-state index in [1.54, 1.807) is 0 Å². The summed E-state index contributed by atoms with van der Waals surface area (Å²) in [6.07, 6.45) is 8.66. The molecule has 2 aliphatic rings. The van der Waals surface area contributed by atoms with Crippen molar-refractivity contribution in [1.82, 2.24) is 10.2 Å². The van der Waals surface area contributed by atoms with Gasteiger partial charge in [-0.25, -0.2) is 8.42 Å². The number of hydrogen-bond donors (Lipinski definition) is 1. The van der Waals surface area contributed by atoms with Crippen molar-refractivity contribution in [3.05, 3.63) is 29.8 Å². The number of rotatable bonds is 9. The molecule has 1 saturated carbocycles. The third-order valence-electron chi connectivity index (χ3n) is 6.66. The summed E-state index contributed by atoms with van der Waals surface area (Å²) in [5, 5.41) is 3.44. The minimum absolute atomic E-state index is 0.252. The number of anilines is 1. The van der Waals surface area contributed by atoms with Crippen LogP contribution in [0.15, 0.2) is 24.3 Å². The van der Waals surface area contributed by atoms with Gasteiger partial charge in [0.1, 0.15) is 9.84 Å². The van der Waals surface area contributed by atoms with Gasteiger partial charge in [0.25, 0.3) is 0 Å². The lowest BCUT2D eigenvalue weighted by atomic mass is 9.84. The second-order valence-electron chi connectivity index (χ2n) is 8.94. The molecule has 1 aliphatic heterocycles. The molecule has 164 valence electrons. The highest BCUT2D eigenvalue weighted by atomic mass is 32.2. The van der Waals surface area contributed by atoms with Crippen LogP contribution in [0.25, 0.3) is 0 Å². The van der Waals surface area contributed by atoms with Crippen LogP contribution in [0.2, 0.25) is 0 Å². The zero-order valence-electron chi connectivity index (χ0n) is 18.3. The fourth-order valence-corrected chi connectivity index (χ4v) is 5.16. The Hall–Kier alpha value is -1.11. The van der Waals surface area contributed by atoms with Crippen molar-refractivity contribution in [2.75, 3.05) is 56.2 Å². The highest BCUT2D eigenvalue weighted by Gasteiger charge is 2.23. The van der Waals surface area contributed by atoms with Crippen LogP contribution in [0, 0.1) is 5.92 Å². The third kappa shape index (κ3) is 7.58. The molecule has 3 rings (SSSR count). The van der Waals surface area contributed by atoms with Crippen molar-refractivity contribution < 1.29 is 8.42 Å². The SMILES string of the molecule is CCc1cccc(N2CCN(CCC3CCC(NCCS(C)(=O)=O)CC3)CC2)c1. The van der Waals surface area contributed by atoms with Gasteiger partial charge in [0.15, 0.2) is 0 Å². The molecule has 1 aromatic rings. The Morgan fingerprint density at radius 2 is 1.79 bits per heavy atom. The van der Waals surface area contributed by atoms with Gasteiger partial charge in [-0.1, -0.05) is 19.1 Å². The number of sulfone groups is 1. The average Bonchev–Trinajstić information content (AvgIpc) is 2.73. The molecular weight excluding hydrogens is 382 g/mol. The number of piperazine rings is 1. The summed E-state index contributed by atoms with van der Waals surface area (Å²) in [6.45, 7) is 8.63. The lowest BCUT2D eigenvalue weighted by Gasteiger charge is -2.37. The highest BCUT2D eigenvalue weighted by molar-refractivity contribution is 7.90. The van der Waals surface area contributed by atoms with E-state index in [2.05, 4.69) is 46.3 Å². The largest absolute Gasteiger partial charge is 0.369 e. The highest BCUT2D eigenvalue weighted by Crippen LogP contribution is 2.27. The maximum Gasteiger partial charge on any atom is 0.148 e. The van der Waals surface area contributed by atoms with E-state index in [0.717, 1.165) is 25.4 Å². The minimum atomic E-state index is -2.85. The van der Waals surface area contributed by atoms with Crippen molar-refractivity contribution >= 4 is 15.5 Å². The van der Waals surface area contributed by atoms with E-state index in [4.69, 9.17) is 0 Å². The van der Waals surface area contributed by atoms with Gasteiger partial charge < -0.3 is 10.2 Å². The summed E-state index contributed by atoms with van der Waals surface area (Å²) in [7, 11) is -2.85. The van der Waals surface area contributed by atoms with Crippen molar-refractivity contribution in [2.24, 2.45) is 5.92 Å². The van der Waals surface area contributed by atoms with E-state index in [9.17, 15) is 8.42 Å². The van der Waals surface area contributed by atoms with Crippen LogP contribution < -0.4 is 10.2 Å². The smallest absolute Gasteiger partial charge is 0.148 e. The Kier molecular flexibility index (Phi) is 8.39. The molecule has 6 heteroatoms. The van der Waals surface area contributed by atoms with Gasteiger partial charge in [0.05, 0.1) is 5.75 Å². The Morgan fingerprint density at radius 3 is 2.45 bits per heavy atom. The maximum atomic E-state index is 11.2. The van der Waals surface area contributed by atoms with E-state index in [1.807, 2.05) is 0 Å². The number of nitrogens with one attached hydrogen (secondary N) is 1. The van der Waals surface area contributed by atoms with E-state index < -0.39 is 9.84 Å². The van der Waals surface area contributed by atoms with Gasteiger partial charge in [0, 0.05) is 50.7 Å². The van der Waals surface area contributed by atoms with E-state index in [-0.39, 0.29) is 5.75 Å². The first kappa shape index (κ1) is 22.6. The van der Waals surface area contributed by atoms with Crippen LogP contribution in [0.1, 0.15) is 44.6 Å². The predicted octanol–water partition coefficient (Wildman–Crippen LogP) is 2.95. The van der Waals surface area contributed by atoms with Crippen LogP contribution in [0.4, 0.5) is 5.69 Å². The summed E-state index contributed by atoms with van der Waals surface area (Å²) in [4.78, 5) is 5.17. The summed E-state index contributed by atoms with van der Waals surface area (Å²) >= 11 is 0. The zero-order chi connectivity index (χ0) is 20.7. The fraction of sp³-hybridized carbons (Fsp3) is 0.739. The van der Waals surface area contributed by atoms with Gasteiger partial charge in [-0.05, 0) is 68.7 Å². The van der Waals surface area contributed by atoms with Gasteiger partial charge in [-0.3, -0.25) is 4.90 Å². The zero-order valence-corrected chi connectivity index (χ0v) is 19.1. The van der Waals surface area contributed by atoms with Gasteiger partial charge >= 0.3 is 0 Å². The standard InChI is InChI=1S/C23H39N3O2S/c1-3-20-5-4-6-23(19-20)26-16-14-25(15-17-26)13-11-21-7-9-22(10-8-21)24-12-18-29(2,27)28/h4-6,19,21-22,24H,3,7-18H2,1-2H3. The first-order valence-corrected chi connectivity index (χ1v) is 13.5. The molecule has 0 amide bonds. The second-order valence-corrected chi connectivity index (χ2v) is 11.2. The van der Waals surface area contributed by atoms with Gasteiger partial charge in [0.2, 0.25) is 0 Å². The minimum Gasteiger partial charge on any atom is -0.369 e. The molecule has 0 atom stereocenters. The van der Waals surface area contributed by atoms with E-state index >= 15 is 0 Å². The summed E-state index contributed by atoms with van der Waals surface area (Å²) in [5.41, 5.74) is 2.80. The van der Waals surface area contributed by atoms with E-state index in [0.29, 0.717) is 12.6 Å². The maximum absolute atomic E-state index is 11.2. The van der Waals surface area contributed by atoms with Crippen molar-refractivity contribution in [1.29, 1.82) is 0 Å². The predicted molar refractivity (Wildman–Crippen MR) is 123 cm³/mol. The number of hydrogen-bond acceptors (Lipinski definition) is 5. The Balaban J connectivity index is 1.31. The summed E-state index contributed by atoms with van der Waals surface area (Å²) < 4.78 is 22.5. The third-order valence-corrected chi connectivity index (χ3v) is 7.61. The number of aryl methyl sites for hydroxylation is 1. The van der Waals surface area contributed by atoms with Crippen LogP contribution in [0.5, 0.6) is 0 Å². The summed E-state index contributed by atoms with van der Waals surface area (Å²) in [5.74, 6) is 1.09. The molecule has 1 heterocycles. The first-order valence-electron chi connectivity index (χ1n) is 11.4. The monoisotopic (exact) mass is 421 g/mol. The van der Waals surface area contributed by atoms with Crippen LogP contribution in [-0.4, -0.2) is 70.6 Å². The molecule has 1 aliphatic carbocycles. The van der Waals surface area contributed by atoms with Crippen LogP contribution in [-0.2, 0) is 16.3 Å². The van der Waals surface area contributed by atoms with Crippen molar-refractivity contribution in [3.8, 4) is 0 Å². The molecule has 0 radical (unpaired) electrons. The Morgan fingerprint density at radius 1 is 1.07 bits per heavy atom. The molecule has 2 fully saturated rings. The van der Waals surface area contributed by atoms with E-state index in [1.165, 1.54) is 69.2 Å². The van der Waals surface area contributed by atoms with Crippen molar-refractivity contribution in [2.45, 2.75) is 51.5 Å². The van der Waals surface area contributed by atoms with Gasteiger partial charge in [-0.15, -0.1) is 0 Å². The molecule has 29 heavy (non-hydrogen) atoms. The second kappa shape index (κ2) is 10.8. The Bertz CT molecular complexity index is 721. The first-order chi connectivity index (χ1) is 13.9. The lowest BCUT2D eigenvalue weighted by molar-refractivity contribution is 0.211. The normalized spacial score (nSPS) is 24.0.